The van der Waals surface area contributed by atoms with Gasteiger partial charge in [-0.1, -0.05) is 0 Å². The number of carboxylic acids is 1. The van der Waals surface area contributed by atoms with E-state index in [4.69, 9.17) is 10.2 Å². The fraction of sp³-hybridized carbons (Fsp3) is 0.857. The third-order valence-electron chi connectivity index (χ3n) is 2.92. The van der Waals surface area contributed by atoms with Gasteiger partial charge in [-0.2, -0.15) is 0 Å². The molecule has 0 amide bonds. The Morgan fingerprint density at radius 3 is 2.60 bits per heavy atom. The van der Waals surface area contributed by atoms with Gasteiger partial charge < -0.3 is 10.2 Å². The molecule has 1 spiro atoms. The van der Waals surface area contributed by atoms with E-state index >= 15 is 0 Å². The molecule has 0 unspecified atom stereocenters. The number of rotatable bonds is 2. The van der Waals surface area contributed by atoms with Gasteiger partial charge in [-0.25, -0.2) is 0 Å². The third kappa shape index (κ3) is 0.560. The number of hydrogen-bond donors (Lipinski definition) is 2. The highest BCUT2D eigenvalue weighted by Crippen LogP contribution is 2.74. The van der Waals surface area contributed by atoms with Gasteiger partial charge in [0.1, 0.15) is 0 Å². The molecular weight excluding hydrogens is 132 g/mol. The number of aliphatic hydroxyl groups excluding tert-OH is 1. The van der Waals surface area contributed by atoms with Gasteiger partial charge in [0.05, 0.1) is 5.92 Å². The Morgan fingerprint density at radius 2 is 2.30 bits per heavy atom. The van der Waals surface area contributed by atoms with Crippen molar-refractivity contribution >= 4 is 5.97 Å². The fourth-order valence-electron chi connectivity index (χ4n) is 1.98. The summed E-state index contributed by atoms with van der Waals surface area (Å²) in [6.07, 6.45) is 1.73. The smallest absolute Gasteiger partial charge is 0.307 e. The van der Waals surface area contributed by atoms with Crippen molar-refractivity contribution in [3.8, 4) is 0 Å². The van der Waals surface area contributed by atoms with Crippen molar-refractivity contribution < 1.29 is 15.0 Å². The quantitative estimate of drug-likeness (QED) is 0.574. The Hall–Kier alpha value is -0.570. The Bertz CT molecular complexity index is 189. The first-order valence-corrected chi connectivity index (χ1v) is 3.54. The van der Waals surface area contributed by atoms with Crippen molar-refractivity contribution in [2.75, 3.05) is 6.61 Å². The Morgan fingerprint density at radius 1 is 1.60 bits per heavy atom. The number of carboxylic acid groups (broad SMARTS) is 1. The molecule has 3 heteroatoms. The van der Waals surface area contributed by atoms with Gasteiger partial charge in [-0.3, -0.25) is 4.79 Å². The second-order valence-electron chi connectivity index (χ2n) is 3.41. The second kappa shape index (κ2) is 1.53. The van der Waals surface area contributed by atoms with Gasteiger partial charge in [-0.15, -0.1) is 0 Å². The average Bonchev–Trinajstić information content (AvgIpc) is 2.73. The monoisotopic (exact) mass is 142 g/mol. The van der Waals surface area contributed by atoms with E-state index in [9.17, 15) is 4.79 Å². The van der Waals surface area contributed by atoms with Crippen LogP contribution in [0.25, 0.3) is 0 Å². The number of aliphatic hydroxyl groups is 1. The maximum Gasteiger partial charge on any atom is 0.307 e. The van der Waals surface area contributed by atoms with Crippen LogP contribution in [0.15, 0.2) is 0 Å². The van der Waals surface area contributed by atoms with E-state index < -0.39 is 5.97 Å². The molecule has 2 aliphatic rings. The third-order valence-corrected chi connectivity index (χ3v) is 2.92. The first kappa shape index (κ1) is 6.16. The average molecular weight is 142 g/mol. The summed E-state index contributed by atoms with van der Waals surface area (Å²) >= 11 is 0. The van der Waals surface area contributed by atoms with Gasteiger partial charge in [-0.05, 0) is 24.2 Å². The van der Waals surface area contributed by atoms with Crippen LogP contribution in [0.1, 0.15) is 12.8 Å². The van der Waals surface area contributed by atoms with Gasteiger partial charge >= 0.3 is 5.97 Å². The van der Waals surface area contributed by atoms with Crippen LogP contribution in [0.3, 0.4) is 0 Å². The van der Waals surface area contributed by atoms with E-state index in [0.29, 0.717) is 5.92 Å². The van der Waals surface area contributed by atoms with Crippen LogP contribution in [0, 0.1) is 17.3 Å². The molecule has 10 heavy (non-hydrogen) atoms. The van der Waals surface area contributed by atoms with Crippen LogP contribution in [0.5, 0.6) is 0 Å². The van der Waals surface area contributed by atoms with Crippen molar-refractivity contribution in [1.29, 1.82) is 0 Å². The molecular formula is C7H10O3. The maximum atomic E-state index is 10.4. The minimum atomic E-state index is -0.684. The summed E-state index contributed by atoms with van der Waals surface area (Å²) in [7, 11) is 0. The van der Waals surface area contributed by atoms with E-state index in [0.717, 1.165) is 12.8 Å². The molecule has 0 aliphatic heterocycles. The lowest BCUT2D eigenvalue weighted by atomic mass is 10.2. The van der Waals surface area contributed by atoms with E-state index in [2.05, 4.69) is 0 Å². The molecule has 0 saturated heterocycles. The lowest BCUT2D eigenvalue weighted by molar-refractivity contribution is -0.139. The zero-order valence-electron chi connectivity index (χ0n) is 5.58. The van der Waals surface area contributed by atoms with E-state index in [-0.39, 0.29) is 17.9 Å². The van der Waals surface area contributed by atoms with Crippen LogP contribution in [-0.2, 0) is 4.79 Å². The first-order valence-electron chi connectivity index (χ1n) is 3.54. The molecule has 2 rings (SSSR count). The van der Waals surface area contributed by atoms with Crippen LogP contribution in [-0.4, -0.2) is 22.8 Å². The topological polar surface area (TPSA) is 57.5 Å². The van der Waals surface area contributed by atoms with Crippen LogP contribution >= 0.6 is 0 Å². The molecule has 0 aromatic carbocycles. The van der Waals surface area contributed by atoms with Crippen molar-refractivity contribution in [3.05, 3.63) is 0 Å². The number of carbonyl (C=O) groups is 1. The molecule has 0 radical (unpaired) electrons. The lowest BCUT2D eigenvalue weighted by Gasteiger charge is -1.88. The predicted octanol–water partition coefficient (Wildman–Crippen LogP) is 0.0895. The van der Waals surface area contributed by atoms with Crippen LogP contribution in [0.2, 0.25) is 0 Å². The summed E-state index contributed by atoms with van der Waals surface area (Å²) in [5.41, 5.74) is 0.0561. The van der Waals surface area contributed by atoms with Crippen LogP contribution < -0.4 is 0 Å². The van der Waals surface area contributed by atoms with Crippen molar-refractivity contribution in [3.63, 3.8) is 0 Å². The van der Waals surface area contributed by atoms with E-state index in [1.165, 1.54) is 0 Å². The van der Waals surface area contributed by atoms with Gasteiger partial charge in [0.25, 0.3) is 0 Å². The SMILES string of the molecule is O=C(O)[C@H]1C[C@@]12C[C@@H]2CO. The zero-order chi connectivity index (χ0) is 7.35. The first-order chi connectivity index (χ1) is 4.70. The maximum absolute atomic E-state index is 10.4. The number of aliphatic carboxylic acids is 1. The van der Waals surface area contributed by atoms with E-state index in [1.54, 1.807) is 0 Å². The molecule has 3 atom stereocenters. The number of hydrogen-bond acceptors (Lipinski definition) is 2. The second-order valence-corrected chi connectivity index (χ2v) is 3.41. The molecule has 56 valence electrons. The molecule has 0 aromatic heterocycles. The molecule has 2 fully saturated rings. The molecule has 2 aliphatic carbocycles. The lowest BCUT2D eigenvalue weighted by Crippen LogP contribution is -2.01. The standard InChI is InChI=1S/C7H10O3/c8-3-4-1-7(4)2-5(7)6(9)10/h4-5,8H,1-3H2,(H,9,10)/t4-,5-,7-/m1/s1. The summed E-state index contributed by atoms with van der Waals surface area (Å²) in [6.45, 7) is 0.170. The fourth-order valence-corrected chi connectivity index (χ4v) is 1.98. The molecule has 2 saturated carbocycles. The summed E-state index contributed by atoms with van der Waals surface area (Å²) < 4.78 is 0. The normalized spacial score (nSPS) is 49.3. The minimum absolute atomic E-state index is 0.0561. The molecule has 3 nitrogen and oxygen atoms in total. The van der Waals surface area contributed by atoms with Crippen molar-refractivity contribution in [1.82, 2.24) is 0 Å². The summed E-state index contributed by atoms with van der Waals surface area (Å²) in [5.74, 6) is -0.519. The highest BCUT2D eigenvalue weighted by Gasteiger charge is 2.72. The summed E-state index contributed by atoms with van der Waals surface area (Å²) in [6, 6.07) is 0. The largest absolute Gasteiger partial charge is 0.481 e. The molecule has 0 aromatic rings. The molecule has 0 bridgehead atoms. The molecule has 0 heterocycles. The Balaban J connectivity index is 1.97. The van der Waals surface area contributed by atoms with Crippen molar-refractivity contribution in [2.45, 2.75) is 12.8 Å². The van der Waals surface area contributed by atoms with Crippen LogP contribution in [0.4, 0.5) is 0 Å². The molecule has 2 N–H and O–H groups in total. The summed E-state index contributed by atoms with van der Waals surface area (Å²) in [4.78, 5) is 10.4. The Kier molecular flexibility index (Phi) is 0.944. The summed E-state index contributed by atoms with van der Waals surface area (Å²) in [5, 5.41) is 17.2. The highest BCUT2D eigenvalue weighted by molar-refractivity contribution is 5.76. The van der Waals surface area contributed by atoms with Crippen molar-refractivity contribution in [2.24, 2.45) is 17.3 Å². The Labute approximate surface area is 58.7 Å². The van der Waals surface area contributed by atoms with Gasteiger partial charge in [0, 0.05) is 6.61 Å². The van der Waals surface area contributed by atoms with E-state index in [1.807, 2.05) is 0 Å². The minimum Gasteiger partial charge on any atom is -0.481 e. The van der Waals surface area contributed by atoms with Gasteiger partial charge in [0.15, 0.2) is 0 Å². The predicted molar refractivity (Wildman–Crippen MR) is 33.4 cm³/mol. The highest BCUT2D eigenvalue weighted by atomic mass is 16.4. The van der Waals surface area contributed by atoms with Gasteiger partial charge in [0.2, 0.25) is 0 Å². The zero-order valence-corrected chi connectivity index (χ0v) is 5.58.